The molecule has 156 valence electrons. The molecule has 3 rings (SSSR count). The van der Waals surface area contributed by atoms with Crippen molar-refractivity contribution in [3.05, 3.63) is 42.0 Å². The first kappa shape index (κ1) is 20.8. The van der Waals surface area contributed by atoms with Crippen LogP contribution in [0.5, 0.6) is 17.2 Å². The first-order valence-electron chi connectivity index (χ1n) is 9.11. The van der Waals surface area contributed by atoms with Crippen molar-refractivity contribution < 1.29 is 27.4 Å². The maximum Gasteiger partial charge on any atom is 0.262 e. The lowest BCUT2D eigenvalue weighted by Gasteiger charge is -2.18. The molecule has 9 heteroatoms. The first-order valence-corrected chi connectivity index (χ1v) is 10.6. The Balaban J connectivity index is 1.95. The molecule has 1 aliphatic rings. The summed E-state index contributed by atoms with van der Waals surface area (Å²) in [4.78, 5) is 14.5. The van der Waals surface area contributed by atoms with Gasteiger partial charge in [-0.2, -0.15) is 0 Å². The Kier molecular flexibility index (Phi) is 6.17. The highest BCUT2D eigenvalue weighted by atomic mass is 32.2. The van der Waals surface area contributed by atoms with Gasteiger partial charge in [0.25, 0.3) is 15.9 Å². The average Bonchev–Trinajstić information content (AvgIpc) is 3.27. The zero-order valence-corrected chi connectivity index (χ0v) is 17.4. The van der Waals surface area contributed by atoms with Gasteiger partial charge in [-0.25, -0.2) is 8.42 Å². The highest BCUT2D eigenvalue weighted by Gasteiger charge is 2.25. The number of sulfonamides is 1. The summed E-state index contributed by atoms with van der Waals surface area (Å²) in [5.41, 5.74) is 0.482. The third kappa shape index (κ3) is 4.40. The van der Waals surface area contributed by atoms with E-state index in [4.69, 9.17) is 14.2 Å². The van der Waals surface area contributed by atoms with E-state index >= 15 is 0 Å². The third-order valence-electron chi connectivity index (χ3n) is 4.76. The number of carbonyl (C=O) groups excluding carboxylic acids is 1. The second kappa shape index (κ2) is 8.60. The van der Waals surface area contributed by atoms with Crippen LogP contribution in [0.15, 0.2) is 41.3 Å². The van der Waals surface area contributed by atoms with Crippen LogP contribution in [-0.4, -0.2) is 53.6 Å². The van der Waals surface area contributed by atoms with Gasteiger partial charge in [0.1, 0.15) is 17.2 Å². The van der Waals surface area contributed by atoms with Crippen LogP contribution < -0.4 is 18.9 Å². The summed E-state index contributed by atoms with van der Waals surface area (Å²) >= 11 is 0. The lowest BCUT2D eigenvalue weighted by molar-refractivity contribution is 0.0789. The molecule has 1 heterocycles. The molecule has 0 saturated carbocycles. The van der Waals surface area contributed by atoms with Crippen molar-refractivity contribution in [1.82, 2.24) is 4.90 Å². The van der Waals surface area contributed by atoms with Crippen molar-refractivity contribution in [3.63, 3.8) is 0 Å². The molecule has 8 nitrogen and oxygen atoms in total. The minimum atomic E-state index is -3.97. The van der Waals surface area contributed by atoms with E-state index in [9.17, 15) is 13.2 Å². The lowest BCUT2D eigenvalue weighted by atomic mass is 10.1. The van der Waals surface area contributed by atoms with Crippen molar-refractivity contribution in [3.8, 4) is 17.2 Å². The highest BCUT2D eigenvalue weighted by molar-refractivity contribution is 7.92. The Bertz CT molecular complexity index is 1000. The number of rotatable bonds is 7. The van der Waals surface area contributed by atoms with E-state index in [0.717, 1.165) is 12.8 Å². The molecule has 0 spiro atoms. The first-order chi connectivity index (χ1) is 13.9. The Hall–Kier alpha value is -2.94. The monoisotopic (exact) mass is 420 g/mol. The van der Waals surface area contributed by atoms with Gasteiger partial charge in [0, 0.05) is 19.2 Å². The van der Waals surface area contributed by atoms with Gasteiger partial charge in [-0.1, -0.05) is 0 Å². The maximum atomic E-state index is 13.0. The van der Waals surface area contributed by atoms with Crippen molar-refractivity contribution in [2.75, 3.05) is 39.1 Å². The summed E-state index contributed by atoms with van der Waals surface area (Å²) in [7, 11) is 0.428. The fraction of sp³-hybridized carbons (Fsp3) is 0.350. The number of carbonyl (C=O) groups is 1. The molecule has 0 radical (unpaired) electrons. The van der Waals surface area contributed by atoms with Crippen LogP contribution in [0, 0.1) is 0 Å². The molecule has 1 amide bonds. The van der Waals surface area contributed by atoms with Crippen LogP contribution >= 0.6 is 0 Å². The molecular weight excluding hydrogens is 396 g/mol. The van der Waals surface area contributed by atoms with Gasteiger partial charge in [-0.05, 0) is 43.2 Å². The van der Waals surface area contributed by atoms with Crippen LogP contribution in [0.1, 0.15) is 23.2 Å². The SMILES string of the molecule is COc1ccc(NS(=O)(=O)c2ccc(OC)c(C(=O)N3CCCC3)c2)c(OC)c1. The zero-order valence-electron chi connectivity index (χ0n) is 16.6. The number of amides is 1. The molecule has 0 atom stereocenters. The molecule has 0 aliphatic carbocycles. The van der Waals surface area contributed by atoms with Gasteiger partial charge in [-0.15, -0.1) is 0 Å². The van der Waals surface area contributed by atoms with Crippen molar-refractivity contribution in [2.24, 2.45) is 0 Å². The summed E-state index contributed by atoms with van der Waals surface area (Å²) in [6, 6.07) is 8.98. The van der Waals surface area contributed by atoms with E-state index in [1.54, 1.807) is 23.1 Å². The van der Waals surface area contributed by atoms with Crippen molar-refractivity contribution >= 4 is 21.6 Å². The molecule has 1 N–H and O–H groups in total. The number of nitrogens with zero attached hydrogens (tertiary/aromatic N) is 1. The van der Waals surface area contributed by atoms with E-state index in [2.05, 4.69) is 4.72 Å². The molecule has 0 aromatic heterocycles. The van der Waals surface area contributed by atoms with E-state index < -0.39 is 10.0 Å². The second-order valence-corrected chi connectivity index (χ2v) is 8.22. The highest BCUT2D eigenvalue weighted by Crippen LogP contribution is 2.32. The number of methoxy groups -OCH3 is 3. The van der Waals surface area contributed by atoms with Gasteiger partial charge in [-0.3, -0.25) is 9.52 Å². The Labute approximate surface area is 170 Å². The number of benzene rings is 2. The number of nitrogens with one attached hydrogen (secondary N) is 1. The number of hydrogen-bond donors (Lipinski definition) is 1. The number of likely N-dealkylation sites (tertiary alicyclic amines) is 1. The predicted octanol–water partition coefficient (Wildman–Crippen LogP) is 2.75. The fourth-order valence-corrected chi connectivity index (χ4v) is 4.29. The predicted molar refractivity (Wildman–Crippen MR) is 108 cm³/mol. The molecule has 0 unspecified atom stereocenters. The Morgan fingerprint density at radius 3 is 2.24 bits per heavy atom. The summed E-state index contributed by atoms with van der Waals surface area (Å²) in [6.45, 7) is 1.31. The number of hydrogen-bond acceptors (Lipinski definition) is 6. The largest absolute Gasteiger partial charge is 0.497 e. The minimum Gasteiger partial charge on any atom is -0.497 e. The topological polar surface area (TPSA) is 94.2 Å². The quantitative estimate of drug-likeness (QED) is 0.740. The van der Waals surface area contributed by atoms with E-state index in [-0.39, 0.29) is 22.1 Å². The molecule has 0 bridgehead atoms. The lowest BCUT2D eigenvalue weighted by Crippen LogP contribution is -2.28. The van der Waals surface area contributed by atoms with Gasteiger partial charge in [0.05, 0.1) is 37.5 Å². The summed E-state index contributed by atoms with van der Waals surface area (Å²) in [5.74, 6) is 0.948. The second-order valence-electron chi connectivity index (χ2n) is 6.53. The standard InChI is InChI=1S/C20H24N2O6S/c1-26-14-6-8-17(19(12-14)28-3)21-29(24,25)15-7-9-18(27-2)16(13-15)20(23)22-10-4-5-11-22/h6-9,12-13,21H,4-5,10-11H2,1-3H3. The molecule has 1 fully saturated rings. The van der Waals surface area contributed by atoms with Crippen LogP contribution in [0.3, 0.4) is 0 Å². The van der Waals surface area contributed by atoms with Gasteiger partial charge in [0.2, 0.25) is 0 Å². The van der Waals surface area contributed by atoms with E-state index in [1.807, 2.05) is 0 Å². The van der Waals surface area contributed by atoms with Crippen molar-refractivity contribution in [1.29, 1.82) is 0 Å². The summed E-state index contributed by atoms with van der Waals surface area (Å²) < 4.78 is 44.1. The third-order valence-corrected chi connectivity index (χ3v) is 6.12. The molecule has 2 aromatic carbocycles. The van der Waals surface area contributed by atoms with E-state index in [0.29, 0.717) is 30.3 Å². The van der Waals surface area contributed by atoms with Crippen LogP contribution in [0.2, 0.25) is 0 Å². The summed E-state index contributed by atoms with van der Waals surface area (Å²) in [5, 5.41) is 0. The van der Waals surface area contributed by atoms with Gasteiger partial charge in [0.15, 0.2) is 0 Å². The number of ether oxygens (including phenoxy) is 3. The van der Waals surface area contributed by atoms with Gasteiger partial charge < -0.3 is 19.1 Å². The average molecular weight is 420 g/mol. The summed E-state index contributed by atoms with van der Waals surface area (Å²) in [6.07, 6.45) is 1.87. The smallest absolute Gasteiger partial charge is 0.262 e. The fourth-order valence-electron chi connectivity index (χ4n) is 3.20. The Morgan fingerprint density at radius 1 is 0.931 bits per heavy atom. The molecular formula is C20H24N2O6S. The molecule has 2 aromatic rings. The van der Waals surface area contributed by atoms with E-state index in [1.165, 1.54) is 39.5 Å². The molecule has 1 aliphatic heterocycles. The number of anilines is 1. The normalized spacial score (nSPS) is 13.8. The minimum absolute atomic E-state index is 0.0429. The zero-order chi connectivity index (χ0) is 21.0. The van der Waals surface area contributed by atoms with Crippen molar-refractivity contribution in [2.45, 2.75) is 17.7 Å². The van der Waals surface area contributed by atoms with Crippen LogP contribution in [0.25, 0.3) is 0 Å². The molecule has 1 saturated heterocycles. The maximum absolute atomic E-state index is 13.0. The molecule has 29 heavy (non-hydrogen) atoms. The van der Waals surface area contributed by atoms with Crippen LogP contribution in [-0.2, 0) is 10.0 Å². The Morgan fingerprint density at radius 2 is 1.62 bits per heavy atom. The van der Waals surface area contributed by atoms with Gasteiger partial charge >= 0.3 is 0 Å². The van der Waals surface area contributed by atoms with Crippen LogP contribution in [0.4, 0.5) is 5.69 Å².